The number of hydrogen-bond acceptors (Lipinski definition) is 7. The van der Waals surface area contributed by atoms with Crippen LogP contribution in [0.15, 0.2) is 24.3 Å². The van der Waals surface area contributed by atoms with Crippen LogP contribution in [0, 0.1) is 5.82 Å². The average molecular weight is 383 g/mol. The second-order valence-electron chi connectivity index (χ2n) is 4.92. The molecule has 0 aliphatic heterocycles. The highest BCUT2D eigenvalue weighted by molar-refractivity contribution is 8.01. The van der Waals surface area contributed by atoms with E-state index in [1.165, 1.54) is 35.2 Å². The van der Waals surface area contributed by atoms with Crippen molar-refractivity contribution in [2.75, 3.05) is 17.7 Å². The van der Waals surface area contributed by atoms with Crippen LogP contribution in [0.4, 0.5) is 9.52 Å². The highest BCUT2D eigenvalue weighted by Crippen LogP contribution is 2.27. The minimum Gasteiger partial charge on any atom is -0.465 e. The van der Waals surface area contributed by atoms with Gasteiger partial charge in [0, 0.05) is 5.56 Å². The van der Waals surface area contributed by atoms with Crippen LogP contribution in [-0.2, 0) is 14.3 Å². The number of nitrogens with zero attached hydrogens (tertiary/aromatic N) is 2. The summed E-state index contributed by atoms with van der Waals surface area (Å²) in [5, 5.41) is 11.2. The lowest BCUT2D eigenvalue weighted by Gasteiger charge is -2.12. The monoisotopic (exact) mass is 383 g/mol. The molecule has 0 bridgehead atoms. The van der Waals surface area contributed by atoms with Gasteiger partial charge in [-0.15, -0.1) is 22.0 Å². The maximum absolute atomic E-state index is 13.0. The molecule has 1 amide bonds. The van der Waals surface area contributed by atoms with Gasteiger partial charge in [0.15, 0.2) is 0 Å². The molecule has 9 heteroatoms. The molecule has 2 rings (SSSR count). The molecule has 0 saturated heterocycles. The van der Waals surface area contributed by atoms with E-state index in [0.29, 0.717) is 23.2 Å². The number of rotatable bonds is 8. The summed E-state index contributed by atoms with van der Waals surface area (Å²) < 4.78 is 17.8. The third kappa shape index (κ3) is 5.79. The van der Waals surface area contributed by atoms with Crippen molar-refractivity contribution in [2.45, 2.75) is 25.5 Å². The summed E-state index contributed by atoms with van der Waals surface area (Å²) in [6.07, 6.45) is 0.569. The average Bonchev–Trinajstić information content (AvgIpc) is 3.04. The molecule has 1 atom stereocenters. The number of carbonyl (C=O) groups is 2. The molecule has 0 radical (unpaired) electrons. The van der Waals surface area contributed by atoms with Gasteiger partial charge in [0.1, 0.15) is 10.8 Å². The van der Waals surface area contributed by atoms with E-state index in [1.807, 2.05) is 6.92 Å². The minimum absolute atomic E-state index is 0.122. The number of thioether (sulfide) groups is 1. The van der Waals surface area contributed by atoms with E-state index in [2.05, 4.69) is 15.5 Å². The summed E-state index contributed by atoms with van der Waals surface area (Å²) in [5.74, 6) is -0.783. The summed E-state index contributed by atoms with van der Waals surface area (Å²) in [4.78, 5) is 23.7. The van der Waals surface area contributed by atoms with Crippen molar-refractivity contribution in [3.05, 3.63) is 30.1 Å². The maximum atomic E-state index is 13.0. The minimum atomic E-state index is -0.387. The number of halogens is 1. The Balaban J connectivity index is 1.95. The van der Waals surface area contributed by atoms with Gasteiger partial charge in [-0.3, -0.25) is 14.9 Å². The van der Waals surface area contributed by atoms with Gasteiger partial charge in [0.2, 0.25) is 11.0 Å². The zero-order valence-electron chi connectivity index (χ0n) is 13.8. The molecule has 0 aliphatic rings. The molecule has 2 aromatic rings. The van der Waals surface area contributed by atoms with E-state index in [1.54, 1.807) is 19.1 Å². The summed E-state index contributed by atoms with van der Waals surface area (Å²) in [6, 6.07) is 5.89. The third-order valence-electron chi connectivity index (χ3n) is 3.12. The smallest absolute Gasteiger partial charge is 0.315 e. The summed E-state index contributed by atoms with van der Waals surface area (Å²) in [6.45, 7) is 3.92. The topological polar surface area (TPSA) is 81.2 Å². The van der Waals surface area contributed by atoms with Gasteiger partial charge in [0.25, 0.3) is 0 Å². The largest absolute Gasteiger partial charge is 0.465 e. The van der Waals surface area contributed by atoms with Crippen molar-refractivity contribution in [2.24, 2.45) is 0 Å². The van der Waals surface area contributed by atoms with E-state index < -0.39 is 0 Å². The SMILES string of the molecule is CCOC(=O)CSC(CC)C(=O)Nc1nnc(-c2ccc(F)cc2)s1. The van der Waals surface area contributed by atoms with E-state index in [9.17, 15) is 14.0 Å². The zero-order chi connectivity index (χ0) is 18.2. The van der Waals surface area contributed by atoms with Gasteiger partial charge in [-0.1, -0.05) is 18.3 Å². The van der Waals surface area contributed by atoms with Crippen LogP contribution in [0.5, 0.6) is 0 Å². The van der Waals surface area contributed by atoms with Gasteiger partial charge >= 0.3 is 5.97 Å². The molecule has 25 heavy (non-hydrogen) atoms. The Kier molecular flexibility index (Phi) is 7.32. The zero-order valence-corrected chi connectivity index (χ0v) is 15.5. The Bertz CT molecular complexity index is 722. The van der Waals surface area contributed by atoms with Crippen molar-refractivity contribution < 1.29 is 18.7 Å². The number of hydrogen-bond donors (Lipinski definition) is 1. The standard InChI is InChI=1S/C16H18FN3O3S2/c1-3-12(24-9-13(21)23-4-2)14(22)18-16-20-19-15(25-16)10-5-7-11(17)8-6-10/h5-8,12H,3-4,9H2,1-2H3,(H,18,20,22). The number of esters is 1. The van der Waals surface area contributed by atoms with Crippen LogP contribution in [0.3, 0.4) is 0 Å². The Morgan fingerprint density at radius 1 is 1.28 bits per heavy atom. The number of anilines is 1. The molecular formula is C16H18FN3O3S2. The number of carbonyl (C=O) groups excluding carboxylic acids is 2. The molecule has 1 aromatic carbocycles. The predicted molar refractivity (Wildman–Crippen MR) is 97.1 cm³/mol. The van der Waals surface area contributed by atoms with Crippen LogP contribution in [0.2, 0.25) is 0 Å². The lowest BCUT2D eigenvalue weighted by Crippen LogP contribution is -2.26. The summed E-state index contributed by atoms with van der Waals surface area (Å²) >= 11 is 2.43. The maximum Gasteiger partial charge on any atom is 0.315 e. The first-order valence-corrected chi connectivity index (χ1v) is 9.57. The van der Waals surface area contributed by atoms with Gasteiger partial charge in [-0.05, 0) is 37.6 Å². The van der Waals surface area contributed by atoms with Gasteiger partial charge in [0.05, 0.1) is 17.6 Å². The Labute approximate surface area is 153 Å². The van der Waals surface area contributed by atoms with Crippen LogP contribution >= 0.6 is 23.1 Å². The molecule has 0 saturated carbocycles. The van der Waals surface area contributed by atoms with Crippen molar-refractivity contribution >= 4 is 40.1 Å². The highest BCUT2D eigenvalue weighted by atomic mass is 32.2. The fourth-order valence-electron chi connectivity index (χ4n) is 1.92. The second kappa shape index (κ2) is 9.47. The van der Waals surface area contributed by atoms with E-state index in [-0.39, 0.29) is 28.7 Å². The van der Waals surface area contributed by atoms with E-state index in [0.717, 1.165) is 5.56 Å². The quantitative estimate of drug-likeness (QED) is 0.704. The number of nitrogens with one attached hydrogen (secondary N) is 1. The lowest BCUT2D eigenvalue weighted by molar-refractivity contribution is -0.139. The molecule has 1 unspecified atom stereocenters. The Morgan fingerprint density at radius 2 is 2.00 bits per heavy atom. The molecular weight excluding hydrogens is 365 g/mol. The van der Waals surface area contributed by atoms with E-state index in [4.69, 9.17) is 4.74 Å². The first-order valence-electron chi connectivity index (χ1n) is 7.71. The molecule has 0 aliphatic carbocycles. The number of amides is 1. The van der Waals surface area contributed by atoms with Crippen molar-refractivity contribution in [3.63, 3.8) is 0 Å². The van der Waals surface area contributed by atoms with Crippen LogP contribution in [-0.4, -0.2) is 39.7 Å². The van der Waals surface area contributed by atoms with Crippen LogP contribution in [0.1, 0.15) is 20.3 Å². The lowest BCUT2D eigenvalue weighted by atomic mass is 10.2. The number of ether oxygens (including phenoxy) is 1. The van der Waals surface area contributed by atoms with E-state index >= 15 is 0 Å². The molecule has 1 aromatic heterocycles. The van der Waals surface area contributed by atoms with Crippen molar-refractivity contribution in [1.29, 1.82) is 0 Å². The third-order valence-corrected chi connectivity index (χ3v) is 5.36. The Hall–Kier alpha value is -2.00. The second-order valence-corrected chi connectivity index (χ2v) is 7.09. The van der Waals surface area contributed by atoms with Crippen molar-refractivity contribution in [1.82, 2.24) is 10.2 Å². The Morgan fingerprint density at radius 3 is 2.64 bits per heavy atom. The van der Waals surface area contributed by atoms with Crippen LogP contribution in [0.25, 0.3) is 10.6 Å². The highest BCUT2D eigenvalue weighted by Gasteiger charge is 2.20. The van der Waals surface area contributed by atoms with Gasteiger partial charge < -0.3 is 4.74 Å². The first-order chi connectivity index (χ1) is 12.0. The molecule has 0 fully saturated rings. The van der Waals surface area contributed by atoms with Gasteiger partial charge in [-0.2, -0.15) is 0 Å². The predicted octanol–water partition coefficient (Wildman–Crippen LogP) is 3.36. The molecule has 0 spiro atoms. The summed E-state index contributed by atoms with van der Waals surface area (Å²) in [5.41, 5.74) is 0.725. The summed E-state index contributed by atoms with van der Waals surface area (Å²) in [7, 11) is 0. The van der Waals surface area contributed by atoms with Crippen molar-refractivity contribution in [3.8, 4) is 10.6 Å². The normalized spacial score (nSPS) is 11.8. The molecule has 134 valence electrons. The van der Waals surface area contributed by atoms with Gasteiger partial charge in [-0.25, -0.2) is 4.39 Å². The first kappa shape index (κ1) is 19.3. The molecule has 6 nitrogen and oxygen atoms in total. The number of aromatic nitrogens is 2. The fourth-order valence-corrected chi connectivity index (χ4v) is 3.54. The molecule has 1 N–H and O–H groups in total. The van der Waals surface area contributed by atoms with Crippen LogP contribution < -0.4 is 5.32 Å². The molecule has 1 heterocycles. The number of benzene rings is 1. The fraction of sp³-hybridized carbons (Fsp3) is 0.375.